The summed E-state index contributed by atoms with van der Waals surface area (Å²) in [6.07, 6.45) is -6.35. The molecule has 4 rings (SSSR count). The summed E-state index contributed by atoms with van der Waals surface area (Å²) in [6, 6.07) is 12.0. The fraction of sp³-hybridized carbons (Fsp3) is 0.130. The SMILES string of the molecule is Cc1cc(Oc2cccc(C(F)(F)F)c2)ncn1.FC(F)(F)c1cccc(Oc2cc(Cl)ncn2)c1. The molecule has 6 nitrogen and oxygen atoms in total. The van der Waals surface area contributed by atoms with Gasteiger partial charge in [0.1, 0.15) is 29.3 Å². The first-order chi connectivity index (χ1) is 16.9. The molecular formula is C23H15ClF6N4O2. The largest absolute Gasteiger partial charge is 0.439 e. The molecule has 0 saturated carbocycles. The number of ether oxygens (including phenoxy) is 2. The van der Waals surface area contributed by atoms with Crippen molar-refractivity contribution in [1.29, 1.82) is 0 Å². The Hall–Kier alpha value is -3.93. The molecule has 0 fully saturated rings. The number of aromatic nitrogens is 4. The van der Waals surface area contributed by atoms with Gasteiger partial charge in [-0.25, -0.2) is 19.9 Å². The van der Waals surface area contributed by atoms with E-state index < -0.39 is 23.5 Å². The summed E-state index contributed by atoms with van der Waals surface area (Å²) < 4.78 is 85.3. The van der Waals surface area contributed by atoms with Crippen molar-refractivity contribution in [2.75, 3.05) is 0 Å². The Morgan fingerprint density at radius 1 is 0.639 bits per heavy atom. The van der Waals surface area contributed by atoms with E-state index in [2.05, 4.69) is 19.9 Å². The van der Waals surface area contributed by atoms with Gasteiger partial charge in [0, 0.05) is 17.8 Å². The average molecular weight is 529 g/mol. The molecule has 0 atom stereocenters. The van der Waals surface area contributed by atoms with Gasteiger partial charge in [-0.05, 0) is 43.3 Å². The van der Waals surface area contributed by atoms with Crippen LogP contribution in [0, 0.1) is 6.92 Å². The van der Waals surface area contributed by atoms with Gasteiger partial charge in [0.2, 0.25) is 11.8 Å². The van der Waals surface area contributed by atoms with Crippen LogP contribution in [0.25, 0.3) is 0 Å². The zero-order valence-electron chi connectivity index (χ0n) is 18.2. The predicted octanol–water partition coefficient (Wildman–Crippen LogP) is 7.54. The van der Waals surface area contributed by atoms with Crippen LogP contribution in [-0.4, -0.2) is 19.9 Å². The minimum absolute atomic E-state index is 0.0274. The molecule has 0 amide bonds. The lowest BCUT2D eigenvalue weighted by Crippen LogP contribution is -2.04. The molecule has 0 aliphatic heterocycles. The highest BCUT2D eigenvalue weighted by molar-refractivity contribution is 6.29. The molecule has 0 aliphatic rings. The number of aryl methyl sites for hydroxylation is 1. The molecule has 0 spiro atoms. The minimum atomic E-state index is -4.41. The molecule has 0 saturated heterocycles. The van der Waals surface area contributed by atoms with Crippen molar-refractivity contribution in [3.63, 3.8) is 0 Å². The molecule has 188 valence electrons. The Balaban J connectivity index is 0.000000201. The molecule has 4 aromatic rings. The standard InChI is InChI=1S/C12H9F3N2O.C11H6ClF3N2O/c1-8-5-11(17-7-16-8)18-10-4-2-3-9(6-10)12(13,14)15;12-9-5-10(17-6-16-9)18-8-3-1-2-7(4-8)11(13,14)15/h2-7H,1H3;1-6H. The molecular weight excluding hydrogens is 514 g/mol. The van der Waals surface area contributed by atoms with E-state index in [0.717, 1.165) is 30.6 Å². The van der Waals surface area contributed by atoms with E-state index in [9.17, 15) is 26.3 Å². The summed E-state index contributed by atoms with van der Waals surface area (Å²) in [6.45, 7) is 1.74. The summed E-state index contributed by atoms with van der Waals surface area (Å²) >= 11 is 5.60. The van der Waals surface area contributed by atoms with Gasteiger partial charge < -0.3 is 9.47 Å². The van der Waals surface area contributed by atoms with Crippen LogP contribution in [-0.2, 0) is 12.4 Å². The highest BCUT2D eigenvalue weighted by Gasteiger charge is 2.31. The third-order valence-electron chi connectivity index (χ3n) is 4.15. The van der Waals surface area contributed by atoms with E-state index in [1.54, 1.807) is 13.0 Å². The van der Waals surface area contributed by atoms with Crippen molar-refractivity contribution < 1.29 is 35.8 Å². The molecule has 2 heterocycles. The highest BCUT2D eigenvalue weighted by atomic mass is 35.5. The summed E-state index contributed by atoms with van der Waals surface area (Å²) in [4.78, 5) is 15.0. The van der Waals surface area contributed by atoms with E-state index in [0.29, 0.717) is 5.69 Å². The quantitative estimate of drug-likeness (QED) is 0.201. The molecule has 13 heteroatoms. The number of halogens is 7. The van der Waals surface area contributed by atoms with Gasteiger partial charge in [-0.2, -0.15) is 26.3 Å². The third-order valence-corrected chi connectivity index (χ3v) is 4.36. The number of alkyl halides is 6. The number of nitrogens with zero attached hydrogens (tertiary/aromatic N) is 4. The maximum atomic E-state index is 12.5. The number of rotatable bonds is 4. The van der Waals surface area contributed by atoms with Gasteiger partial charge in [0.05, 0.1) is 11.1 Å². The third kappa shape index (κ3) is 8.08. The number of hydrogen-bond acceptors (Lipinski definition) is 6. The van der Waals surface area contributed by atoms with Gasteiger partial charge in [0.25, 0.3) is 0 Å². The van der Waals surface area contributed by atoms with Gasteiger partial charge in [-0.3, -0.25) is 0 Å². The molecule has 0 bridgehead atoms. The molecule has 0 N–H and O–H groups in total. The molecule has 36 heavy (non-hydrogen) atoms. The summed E-state index contributed by atoms with van der Waals surface area (Å²) in [7, 11) is 0. The van der Waals surface area contributed by atoms with Crippen LogP contribution in [0.2, 0.25) is 5.15 Å². The Morgan fingerprint density at radius 3 is 1.56 bits per heavy atom. The van der Waals surface area contributed by atoms with Crippen LogP contribution in [0.5, 0.6) is 23.3 Å². The fourth-order valence-electron chi connectivity index (χ4n) is 2.57. The first kappa shape index (κ1) is 26.7. The lowest BCUT2D eigenvalue weighted by Gasteiger charge is -2.09. The molecule has 0 unspecified atom stereocenters. The van der Waals surface area contributed by atoms with E-state index in [-0.39, 0.29) is 28.4 Å². The molecule has 2 aromatic carbocycles. The predicted molar refractivity (Wildman–Crippen MR) is 117 cm³/mol. The number of benzene rings is 2. The van der Waals surface area contributed by atoms with Crippen LogP contribution < -0.4 is 9.47 Å². The molecule has 2 aromatic heterocycles. The smallest absolute Gasteiger partial charge is 0.416 e. The Morgan fingerprint density at radius 2 is 1.11 bits per heavy atom. The van der Waals surface area contributed by atoms with Crippen molar-refractivity contribution in [3.8, 4) is 23.3 Å². The maximum absolute atomic E-state index is 12.5. The van der Waals surface area contributed by atoms with E-state index in [1.807, 2.05) is 0 Å². The van der Waals surface area contributed by atoms with Crippen LogP contribution in [0.3, 0.4) is 0 Å². The fourth-order valence-corrected chi connectivity index (χ4v) is 2.71. The van der Waals surface area contributed by atoms with E-state index in [1.165, 1.54) is 36.7 Å². The zero-order chi connectivity index (χ0) is 26.3. The van der Waals surface area contributed by atoms with Gasteiger partial charge in [0.15, 0.2) is 0 Å². The van der Waals surface area contributed by atoms with Crippen molar-refractivity contribution >= 4 is 11.6 Å². The second-order valence-corrected chi connectivity index (χ2v) is 7.32. The van der Waals surface area contributed by atoms with E-state index >= 15 is 0 Å². The Bertz CT molecular complexity index is 1220. The molecule has 0 radical (unpaired) electrons. The molecule has 0 aliphatic carbocycles. The van der Waals surface area contributed by atoms with Crippen molar-refractivity contribution in [2.45, 2.75) is 19.3 Å². The van der Waals surface area contributed by atoms with Crippen molar-refractivity contribution in [1.82, 2.24) is 19.9 Å². The van der Waals surface area contributed by atoms with Crippen molar-refractivity contribution in [2.24, 2.45) is 0 Å². The minimum Gasteiger partial charge on any atom is -0.439 e. The lowest BCUT2D eigenvalue weighted by atomic mass is 10.2. The second-order valence-electron chi connectivity index (χ2n) is 6.93. The van der Waals surface area contributed by atoms with Crippen LogP contribution >= 0.6 is 11.6 Å². The lowest BCUT2D eigenvalue weighted by molar-refractivity contribution is -0.138. The topological polar surface area (TPSA) is 70.0 Å². The van der Waals surface area contributed by atoms with Crippen molar-refractivity contribution in [3.05, 3.63) is 95.3 Å². The summed E-state index contributed by atoms with van der Waals surface area (Å²) in [5.41, 5.74) is -0.877. The van der Waals surface area contributed by atoms with Crippen LogP contribution in [0.1, 0.15) is 16.8 Å². The first-order valence-electron chi connectivity index (χ1n) is 9.86. The number of hydrogen-bond donors (Lipinski definition) is 0. The van der Waals surface area contributed by atoms with Gasteiger partial charge >= 0.3 is 12.4 Å². The van der Waals surface area contributed by atoms with Gasteiger partial charge in [-0.1, -0.05) is 23.7 Å². The van der Waals surface area contributed by atoms with Crippen LogP contribution in [0.4, 0.5) is 26.3 Å². The monoisotopic (exact) mass is 528 g/mol. The highest BCUT2D eigenvalue weighted by Crippen LogP contribution is 2.33. The Labute approximate surface area is 205 Å². The zero-order valence-corrected chi connectivity index (χ0v) is 18.9. The van der Waals surface area contributed by atoms with E-state index in [4.69, 9.17) is 21.1 Å². The Kier molecular flexibility index (Phi) is 8.30. The first-order valence-corrected chi connectivity index (χ1v) is 10.2. The summed E-state index contributed by atoms with van der Waals surface area (Å²) in [5, 5.41) is 0.145. The average Bonchev–Trinajstić information content (AvgIpc) is 2.79. The maximum Gasteiger partial charge on any atom is 0.416 e. The van der Waals surface area contributed by atoms with Crippen LogP contribution in [0.15, 0.2) is 73.3 Å². The van der Waals surface area contributed by atoms with Gasteiger partial charge in [-0.15, -0.1) is 0 Å². The summed E-state index contributed by atoms with van der Waals surface area (Å²) in [5.74, 6) is 0.402. The second kappa shape index (κ2) is 11.2. The normalized spacial score (nSPS) is 11.3.